The molecule has 0 spiro atoms. The molecule has 1 unspecified atom stereocenters. The maximum absolute atomic E-state index is 13.1. The van der Waals surface area contributed by atoms with Crippen molar-refractivity contribution in [2.75, 3.05) is 0 Å². The van der Waals surface area contributed by atoms with E-state index in [2.05, 4.69) is 85.5 Å². The van der Waals surface area contributed by atoms with Crippen molar-refractivity contribution >= 4 is 18.2 Å². The lowest BCUT2D eigenvalue weighted by atomic mass is 9.92. The first-order valence-electron chi connectivity index (χ1n) is 14.8. The Balaban J connectivity index is 0.000000496. The Morgan fingerprint density at radius 2 is 1.29 bits per heavy atom. The fourth-order valence-electron chi connectivity index (χ4n) is 4.51. The summed E-state index contributed by atoms with van der Waals surface area (Å²) in [5.74, 6) is 0.787. The predicted molar refractivity (Wildman–Crippen MR) is 175 cm³/mol. The number of alkyl halides is 1. The van der Waals surface area contributed by atoms with Crippen molar-refractivity contribution in [3.8, 4) is 0 Å². The second-order valence-corrected chi connectivity index (χ2v) is 11.8. The first kappa shape index (κ1) is 36.2. The Labute approximate surface area is 241 Å². The van der Waals surface area contributed by atoms with Gasteiger partial charge < -0.3 is 0 Å². The van der Waals surface area contributed by atoms with Gasteiger partial charge in [0, 0.05) is 0 Å². The number of allylic oxidation sites excluding steroid dienone is 2. The van der Waals surface area contributed by atoms with E-state index in [1.54, 1.807) is 12.1 Å². The average Bonchev–Trinajstić information content (AvgIpc) is 3.44. The summed E-state index contributed by atoms with van der Waals surface area (Å²) in [5.41, 5.74) is 8.30. The summed E-state index contributed by atoms with van der Waals surface area (Å²) in [5, 5.41) is -1.52. The number of thiol groups is 1. The number of hydrogen-bond donors (Lipinski definition) is 1. The molecule has 2 aromatic rings. The SMILES string of the molecule is C1CCCC1.C=C(C)C(CCC)CCC.C=C(C)c1ccc(C)cc1CC.Cc1ccc(C(C)(F)S)cc1. The van der Waals surface area contributed by atoms with Crippen LogP contribution in [-0.4, -0.2) is 0 Å². The minimum atomic E-state index is -1.52. The van der Waals surface area contributed by atoms with Gasteiger partial charge in [-0.1, -0.05) is 144 Å². The van der Waals surface area contributed by atoms with Gasteiger partial charge in [0.05, 0.1) is 0 Å². The first-order chi connectivity index (χ1) is 17.9. The van der Waals surface area contributed by atoms with Crippen LogP contribution in [0.4, 0.5) is 4.39 Å². The van der Waals surface area contributed by atoms with E-state index in [4.69, 9.17) is 0 Å². The highest BCUT2D eigenvalue weighted by molar-refractivity contribution is 7.81. The molecule has 0 aliphatic heterocycles. The molecule has 1 aliphatic carbocycles. The van der Waals surface area contributed by atoms with Gasteiger partial charge in [0.25, 0.3) is 0 Å². The third-order valence-electron chi connectivity index (χ3n) is 6.90. The molecular formula is C36H57FS. The highest BCUT2D eigenvalue weighted by atomic mass is 32.1. The highest BCUT2D eigenvalue weighted by Crippen LogP contribution is 2.29. The Morgan fingerprint density at radius 1 is 0.842 bits per heavy atom. The van der Waals surface area contributed by atoms with Crippen molar-refractivity contribution in [1.82, 2.24) is 0 Å². The van der Waals surface area contributed by atoms with Crippen molar-refractivity contribution in [3.05, 3.63) is 89.0 Å². The number of hydrogen-bond acceptors (Lipinski definition) is 1. The lowest BCUT2D eigenvalue weighted by molar-refractivity contribution is 0.328. The molecule has 2 heteroatoms. The maximum atomic E-state index is 13.1. The van der Waals surface area contributed by atoms with E-state index in [1.807, 2.05) is 19.1 Å². The maximum Gasteiger partial charge on any atom is 0.175 e. The molecular weight excluding hydrogens is 483 g/mol. The molecule has 0 nitrogen and oxygen atoms in total. The summed E-state index contributed by atoms with van der Waals surface area (Å²) in [4.78, 5) is 0. The van der Waals surface area contributed by atoms with Crippen molar-refractivity contribution < 1.29 is 4.39 Å². The summed E-state index contributed by atoms with van der Waals surface area (Å²) in [6.45, 7) is 24.4. The van der Waals surface area contributed by atoms with E-state index < -0.39 is 5.00 Å². The summed E-state index contributed by atoms with van der Waals surface area (Å²) >= 11 is 3.81. The molecule has 0 saturated heterocycles. The largest absolute Gasteiger partial charge is 0.227 e. The van der Waals surface area contributed by atoms with Crippen molar-refractivity contribution in [3.63, 3.8) is 0 Å². The molecule has 0 aromatic heterocycles. The summed E-state index contributed by atoms with van der Waals surface area (Å²) < 4.78 is 13.1. The fourth-order valence-corrected chi connectivity index (χ4v) is 4.66. The van der Waals surface area contributed by atoms with E-state index in [0.29, 0.717) is 5.56 Å². The van der Waals surface area contributed by atoms with Crippen LogP contribution in [0.25, 0.3) is 5.57 Å². The van der Waals surface area contributed by atoms with Crippen LogP contribution in [0, 0.1) is 19.8 Å². The van der Waals surface area contributed by atoms with Crippen LogP contribution in [0.15, 0.2) is 61.2 Å². The van der Waals surface area contributed by atoms with E-state index in [-0.39, 0.29) is 0 Å². The summed E-state index contributed by atoms with van der Waals surface area (Å²) in [6, 6.07) is 13.8. The van der Waals surface area contributed by atoms with Crippen molar-refractivity contribution in [2.45, 2.75) is 125 Å². The smallest absolute Gasteiger partial charge is 0.175 e. The van der Waals surface area contributed by atoms with Crippen LogP contribution < -0.4 is 0 Å². The number of rotatable bonds is 8. The minimum Gasteiger partial charge on any atom is -0.227 e. The molecule has 2 aromatic carbocycles. The molecule has 3 rings (SSSR count). The van der Waals surface area contributed by atoms with Gasteiger partial charge in [0.2, 0.25) is 0 Å². The van der Waals surface area contributed by atoms with Gasteiger partial charge in [-0.25, -0.2) is 4.39 Å². The van der Waals surface area contributed by atoms with Crippen LogP contribution in [0.2, 0.25) is 0 Å². The van der Waals surface area contributed by atoms with Crippen molar-refractivity contribution in [1.29, 1.82) is 0 Å². The van der Waals surface area contributed by atoms with Crippen LogP contribution in [0.5, 0.6) is 0 Å². The normalized spacial score (nSPS) is 13.7. The second-order valence-electron chi connectivity index (χ2n) is 11.0. The molecule has 0 heterocycles. The zero-order chi connectivity index (χ0) is 29.1. The van der Waals surface area contributed by atoms with Gasteiger partial charge in [-0.15, -0.1) is 12.6 Å². The molecule has 214 valence electrons. The molecule has 38 heavy (non-hydrogen) atoms. The van der Waals surface area contributed by atoms with E-state index in [1.165, 1.54) is 87.0 Å². The number of aryl methyl sites for hydroxylation is 3. The van der Waals surface area contributed by atoms with Crippen molar-refractivity contribution in [2.24, 2.45) is 5.92 Å². The Hall–Kier alpha value is -1.80. The lowest BCUT2D eigenvalue weighted by Crippen LogP contribution is -2.04. The van der Waals surface area contributed by atoms with E-state index in [0.717, 1.165) is 23.5 Å². The zero-order valence-electron chi connectivity index (χ0n) is 25.9. The molecule has 0 bridgehead atoms. The van der Waals surface area contributed by atoms with Crippen LogP contribution in [0.1, 0.15) is 127 Å². The molecule has 1 aliphatic rings. The first-order valence-corrected chi connectivity index (χ1v) is 15.2. The van der Waals surface area contributed by atoms with Gasteiger partial charge in [-0.05, 0) is 76.5 Å². The van der Waals surface area contributed by atoms with Gasteiger partial charge in [0.15, 0.2) is 5.00 Å². The van der Waals surface area contributed by atoms with E-state index in [9.17, 15) is 4.39 Å². The summed E-state index contributed by atoms with van der Waals surface area (Å²) in [7, 11) is 0. The quantitative estimate of drug-likeness (QED) is 0.250. The Kier molecular flexibility index (Phi) is 19.2. The van der Waals surface area contributed by atoms with Crippen LogP contribution in [-0.2, 0) is 11.4 Å². The molecule has 0 radical (unpaired) electrons. The number of benzene rings is 2. The Bertz CT molecular complexity index is 900. The third-order valence-corrected chi connectivity index (χ3v) is 7.16. The topological polar surface area (TPSA) is 0 Å². The molecule has 0 N–H and O–H groups in total. The summed E-state index contributed by atoms with van der Waals surface area (Å²) in [6.07, 6.45) is 13.8. The van der Waals surface area contributed by atoms with Crippen LogP contribution >= 0.6 is 12.6 Å². The molecule has 1 atom stereocenters. The Morgan fingerprint density at radius 3 is 1.63 bits per heavy atom. The lowest BCUT2D eigenvalue weighted by Gasteiger charge is -2.14. The molecule has 1 saturated carbocycles. The molecule has 1 fully saturated rings. The second kappa shape index (κ2) is 20.2. The monoisotopic (exact) mass is 540 g/mol. The standard InChI is InChI=1S/C12H16.C10H20.C9H11FS.C5H10/c1-5-11-8-10(4)6-7-12(11)9(2)3;1-5-7-10(8-6-2)9(3)4;1-7-3-5-8(6-4-7)9(2,10)11;1-2-4-5-3-1/h6-8H,2,5H2,1,3-4H3;10H,3,5-8H2,1-2,4H3;3-6,11H,1-2H3;1-5H2. The van der Waals surface area contributed by atoms with Gasteiger partial charge >= 0.3 is 0 Å². The molecule has 0 amide bonds. The predicted octanol–water partition coefficient (Wildman–Crippen LogP) is 12.4. The fraction of sp³-hybridized carbons (Fsp3) is 0.556. The van der Waals surface area contributed by atoms with Gasteiger partial charge in [-0.3, -0.25) is 0 Å². The van der Waals surface area contributed by atoms with Gasteiger partial charge in [0.1, 0.15) is 0 Å². The number of halogens is 1. The van der Waals surface area contributed by atoms with E-state index >= 15 is 0 Å². The van der Waals surface area contributed by atoms with Crippen LogP contribution in [0.3, 0.4) is 0 Å². The van der Waals surface area contributed by atoms with Gasteiger partial charge in [-0.2, -0.15) is 0 Å². The minimum absolute atomic E-state index is 0.603. The average molecular weight is 541 g/mol. The third kappa shape index (κ3) is 16.2. The highest BCUT2D eigenvalue weighted by Gasteiger charge is 2.18. The zero-order valence-corrected chi connectivity index (χ0v) is 26.8.